The lowest BCUT2D eigenvalue weighted by atomic mass is 10.2. The van der Waals surface area contributed by atoms with E-state index in [0.29, 0.717) is 44.4 Å². The highest BCUT2D eigenvalue weighted by molar-refractivity contribution is 5.79. The van der Waals surface area contributed by atoms with Crippen LogP contribution in [0.5, 0.6) is 5.75 Å². The predicted octanol–water partition coefficient (Wildman–Crippen LogP) is 2.77. The van der Waals surface area contributed by atoms with Crippen LogP contribution in [0.3, 0.4) is 0 Å². The maximum absolute atomic E-state index is 12.1. The fourth-order valence-corrected chi connectivity index (χ4v) is 3.11. The van der Waals surface area contributed by atoms with Gasteiger partial charge in [-0.3, -0.25) is 4.57 Å². The van der Waals surface area contributed by atoms with Gasteiger partial charge in [0.05, 0.1) is 19.2 Å². The van der Waals surface area contributed by atoms with Crippen LogP contribution in [0.25, 0.3) is 11.1 Å². The Morgan fingerprint density at radius 1 is 1.10 bits per heavy atom. The van der Waals surface area contributed by atoms with Gasteiger partial charge in [0.25, 0.3) is 0 Å². The average molecular weight is 427 g/mol. The number of aliphatic imine (C=N–C) groups is 1. The summed E-state index contributed by atoms with van der Waals surface area (Å²) in [5.74, 6) is 1.15. The molecule has 0 amide bonds. The lowest BCUT2D eigenvalue weighted by Gasteiger charge is -2.13. The van der Waals surface area contributed by atoms with Crippen molar-refractivity contribution in [1.29, 1.82) is 0 Å². The summed E-state index contributed by atoms with van der Waals surface area (Å²) < 4.78 is 17.5. The van der Waals surface area contributed by atoms with Crippen LogP contribution in [0.2, 0.25) is 0 Å². The van der Waals surface area contributed by atoms with E-state index in [0.717, 1.165) is 29.8 Å². The Hall–Kier alpha value is -3.26. The van der Waals surface area contributed by atoms with Crippen molar-refractivity contribution in [2.24, 2.45) is 4.99 Å². The number of guanidine groups is 1. The van der Waals surface area contributed by atoms with E-state index in [9.17, 15) is 4.79 Å². The van der Waals surface area contributed by atoms with Crippen LogP contribution < -0.4 is 21.1 Å². The van der Waals surface area contributed by atoms with Crippen molar-refractivity contribution in [3.8, 4) is 5.75 Å². The van der Waals surface area contributed by atoms with Gasteiger partial charge in [-0.25, -0.2) is 9.79 Å². The average Bonchev–Trinajstić information content (AvgIpc) is 3.12. The number of nitrogens with one attached hydrogen (secondary N) is 2. The van der Waals surface area contributed by atoms with Crippen LogP contribution in [0.1, 0.15) is 18.9 Å². The van der Waals surface area contributed by atoms with E-state index in [1.807, 2.05) is 49.4 Å². The van der Waals surface area contributed by atoms with E-state index in [4.69, 9.17) is 13.9 Å². The van der Waals surface area contributed by atoms with Crippen molar-refractivity contribution in [3.05, 3.63) is 64.6 Å². The highest BCUT2D eigenvalue weighted by Gasteiger charge is 2.08. The zero-order valence-corrected chi connectivity index (χ0v) is 18.1. The molecule has 0 bridgehead atoms. The first-order valence-corrected chi connectivity index (χ1v) is 10.5. The Balaban J connectivity index is 1.60. The van der Waals surface area contributed by atoms with Crippen LogP contribution in [0, 0.1) is 0 Å². The molecule has 2 N–H and O–H groups in total. The lowest BCUT2D eigenvalue weighted by molar-refractivity contribution is 0.145. The summed E-state index contributed by atoms with van der Waals surface area (Å²) in [4.78, 5) is 16.8. The minimum absolute atomic E-state index is 0.357. The number of benzene rings is 2. The minimum atomic E-state index is -0.357. The molecule has 1 heterocycles. The standard InChI is InChI=1S/C23H30N4O4/c1-3-30-16-6-13-24-22(26-17-18-9-11-19(29-2)12-10-18)25-14-15-27-20-7-4-5-8-21(20)31-23(27)28/h4-5,7-12H,3,6,13-17H2,1-2H3,(H2,24,25,26). The van der Waals surface area contributed by atoms with Crippen molar-refractivity contribution in [1.82, 2.24) is 15.2 Å². The second-order valence-electron chi connectivity index (χ2n) is 6.90. The molecule has 166 valence electrons. The van der Waals surface area contributed by atoms with Crippen LogP contribution in [0.15, 0.2) is 62.7 Å². The van der Waals surface area contributed by atoms with Gasteiger partial charge in [-0.1, -0.05) is 24.3 Å². The molecule has 3 aromatic rings. The van der Waals surface area contributed by atoms with E-state index in [-0.39, 0.29) is 5.76 Å². The number of para-hydroxylation sites is 2. The minimum Gasteiger partial charge on any atom is -0.497 e. The van der Waals surface area contributed by atoms with Crippen molar-refractivity contribution in [2.45, 2.75) is 26.4 Å². The molecule has 8 heteroatoms. The van der Waals surface area contributed by atoms with Crippen molar-refractivity contribution in [2.75, 3.05) is 33.4 Å². The Morgan fingerprint density at radius 3 is 2.65 bits per heavy atom. The second kappa shape index (κ2) is 11.8. The maximum Gasteiger partial charge on any atom is 0.420 e. The van der Waals surface area contributed by atoms with Gasteiger partial charge in [-0.15, -0.1) is 0 Å². The summed E-state index contributed by atoms with van der Waals surface area (Å²) in [5, 5.41) is 6.63. The number of hydrogen-bond donors (Lipinski definition) is 2. The first-order chi connectivity index (χ1) is 15.2. The molecule has 0 aliphatic heterocycles. The number of oxazole rings is 1. The van der Waals surface area contributed by atoms with Gasteiger partial charge in [0, 0.05) is 32.8 Å². The van der Waals surface area contributed by atoms with Crippen molar-refractivity contribution >= 4 is 17.1 Å². The third-order valence-electron chi connectivity index (χ3n) is 4.74. The Kier molecular flexibility index (Phi) is 8.54. The van der Waals surface area contributed by atoms with E-state index < -0.39 is 0 Å². The zero-order valence-electron chi connectivity index (χ0n) is 18.1. The fourth-order valence-electron chi connectivity index (χ4n) is 3.11. The summed E-state index contributed by atoms with van der Waals surface area (Å²) in [7, 11) is 1.65. The molecule has 31 heavy (non-hydrogen) atoms. The molecule has 0 saturated carbocycles. The molecule has 1 aromatic heterocycles. The van der Waals surface area contributed by atoms with Crippen LogP contribution in [-0.4, -0.2) is 43.9 Å². The molecule has 0 fully saturated rings. The first kappa shape index (κ1) is 22.4. The Bertz CT molecular complexity index is 1020. The summed E-state index contributed by atoms with van der Waals surface area (Å²) in [5.41, 5.74) is 2.46. The van der Waals surface area contributed by atoms with Crippen molar-refractivity contribution in [3.63, 3.8) is 0 Å². The number of aromatic nitrogens is 1. The molecular formula is C23H30N4O4. The molecule has 8 nitrogen and oxygen atoms in total. The van der Waals surface area contributed by atoms with E-state index in [1.165, 1.54) is 0 Å². The quantitative estimate of drug-likeness (QED) is 0.278. The molecular weight excluding hydrogens is 396 g/mol. The second-order valence-corrected chi connectivity index (χ2v) is 6.90. The largest absolute Gasteiger partial charge is 0.497 e. The summed E-state index contributed by atoms with van der Waals surface area (Å²) in [6.07, 6.45) is 0.878. The van der Waals surface area contributed by atoms with Gasteiger partial charge in [0.1, 0.15) is 5.75 Å². The molecule has 0 radical (unpaired) electrons. The van der Waals surface area contributed by atoms with Gasteiger partial charge >= 0.3 is 5.76 Å². The number of nitrogens with zero attached hydrogens (tertiary/aromatic N) is 2. The summed E-state index contributed by atoms with van der Waals surface area (Å²) in [6, 6.07) is 15.2. The molecule has 0 atom stereocenters. The topological polar surface area (TPSA) is 90.0 Å². The molecule has 0 saturated heterocycles. The summed E-state index contributed by atoms with van der Waals surface area (Å²) in [6.45, 7) is 5.66. The maximum atomic E-state index is 12.1. The molecule has 0 spiro atoms. The van der Waals surface area contributed by atoms with Gasteiger partial charge in [-0.2, -0.15) is 0 Å². The van der Waals surface area contributed by atoms with Crippen LogP contribution >= 0.6 is 0 Å². The van der Waals surface area contributed by atoms with Gasteiger partial charge in [-0.05, 0) is 43.2 Å². The highest BCUT2D eigenvalue weighted by Crippen LogP contribution is 2.12. The molecule has 0 unspecified atom stereocenters. The molecule has 0 aliphatic carbocycles. The molecule has 3 rings (SSSR count). The lowest BCUT2D eigenvalue weighted by Crippen LogP contribution is -2.40. The van der Waals surface area contributed by atoms with Crippen LogP contribution in [0.4, 0.5) is 0 Å². The van der Waals surface area contributed by atoms with E-state index in [1.54, 1.807) is 17.7 Å². The third-order valence-corrected chi connectivity index (χ3v) is 4.74. The predicted molar refractivity (Wildman–Crippen MR) is 122 cm³/mol. The number of ether oxygens (including phenoxy) is 2. The smallest absolute Gasteiger partial charge is 0.420 e. The Morgan fingerprint density at radius 2 is 1.87 bits per heavy atom. The summed E-state index contributed by atoms with van der Waals surface area (Å²) >= 11 is 0. The number of hydrogen-bond acceptors (Lipinski definition) is 5. The number of rotatable bonds is 11. The highest BCUT2D eigenvalue weighted by atomic mass is 16.5. The van der Waals surface area contributed by atoms with Gasteiger partial charge in [0.2, 0.25) is 0 Å². The first-order valence-electron chi connectivity index (χ1n) is 10.5. The van der Waals surface area contributed by atoms with Crippen molar-refractivity contribution < 1.29 is 13.9 Å². The molecule has 2 aromatic carbocycles. The zero-order chi connectivity index (χ0) is 21.9. The normalized spacial score (nSPS) is 11.6. The van der Waals surface area contributed by atoms with E-state index >= 15 is 0 Å². The number of fused-ring (bicyclic) bond motifs is 1. The molecule has 0 aliphatic rings. The van der Waals surface area contributed by atoms with Gasteiger partial charge < -0.3 is 24.5 Å². The fraction of sp³-hybridized carbons (Fsp3) is 0.391. The monoisotopic (exact) mass is 426 g/mol. The third kappa shape index (κ3) is 6.62. The SMILES string of the molecule is CCOCCCNC(=NCc1ccc(OC)cc1)NCCn1c(=O)oc2ccccc21. The van der Waals surface area contributed by atoms with Gasteiger partial charge in [0.15, 0.2) is 11.5 Å². The number of methoxy groups -OCH3 is 1. The van der Waals surface area contributed by atoms with Crippen LogP contribution in [-0.2, 0) is 17.8 Å². The Labute approximate surface area is 181 Å². The van der Waals surface area contributed by atoms with E-state index in [2.05, 4.69) is 15.6 Å².